The molecule has 0 aromatic heterocycles. The first-order chi connectivity index (χ1) is 9.38. The Morgan fingerprint density at radius 1 is 1.10 bits per heavy atom. The van der Waals surface area contributed by atoms with Crippen molar-refractivity contribution in [3.8, 4) is 0 Å². The number of nitrogens with two attached hydrogens (primary N) is 1. The van der Waals surface area contributed by atoms with E-state index in [0.717, 1.165) is 5.56 Å². The molecule has 0 bridgehead atoms. The van der Waals surface area contributed by atoms with Crippen LogP contribution in [0.15, 0.2) is 53.4 Å². The SMILES string of the molecule is CN(Cc1cccc(N)c1)c1ccccc1S(C)(=O)=O. The molecular formula is C15H18N2O2S. The van der Waals surface area contributed by atoms with E-state index in [-0.39, 0.29) is 0 Å². The highest BCUT2D eigenvalue weighted by Crippen LogP contribution is 2.25. The van der Waals surface area contributed by atoms with E-state index in [4.69, 9.17) is 5.73 Å². The van der Waals surface area contributed by atoms with Gasteiger partial charge in [0.2, 0.25) is 0 Å². The molecule has 5 heteroatoms. The van der Waals surface area contributed by atoms with E-state index in [0.29, 0.717) is 22.8 Å². The zero-order chi connectivity index (χ0) is 14.8. The molecule has 0 fully saturated rings. The Morgan fingerprint density at radius 3 is 2.45 bits per heavy atom. The lowest BCUT2D eigenvalue weighted by molar-refractivity contribution is 0.601. The first-order valence-electron chi connectivity index (χ1n) is 6.22. The average Bonchev–Trinajstić information content (AvgIpc) is 2.37. The van der Waals surface area contributed by atoms with Gasteiger partial charge >= 0.3 is 0 Å². The lowest BCUT2D eigenvalue weighted by Gasteiger charge is -2.22. The second kappa shape index (κ2) is 5.54. The summed E-state index contributed by atoms with van der Waals surface area (Å²) in [5, 5.41) is 0. The molecule has 0 atom stereocenters. The Bertz CT molecular complexity index is 711. The molecule has 0 saturated heterocycles. The number of hydrogen-bond acceptors (Lipinski definition) is 4. The third kappa shape index (κ3) is 3.30. The number of nitrogens with zero attached hydrogens (tertiary/aromatic N) is 1. The van der Waals surface area contributed by atoms with Gasteiger partial charge in [0.25, 0.3) is 0 Å². The standard InChI is InChI=1S/C15H18N2O2S/c1-17(11-12-6-5-7-13(16)10-12)14-8-3-4-9-15(14)20(2,18)19/h3-10H,11,16H2,1-2H3. The van der Waals surface area contributed by atoms with Crippen molar-refractivity contribution in [2.24, 2.45) is 0 Å². The summed E-state index contributed by atoms with van der Waals surface area (Å²) >= 11 is 0. The predicted molar refractivity (Wildman–Crippen MR) is 82.5 cm³/mol. The van der Waals surface area contributed by atoms with Crippen LogP contribution in [0.5, 0.6) is 0 Å². The van der Waals surface area contributed by atoms with Crippen molar-refractivity contribution in [1.82, 2.24) is 0 Å². The highest BCUT2D eigenvalue weighted by molar-refractivity contribution is 7.90. The van der Waals surface area contributed by atoms with E-state index in [9.17, 15) is 8.42 Å². The number of para-hydroxylation sites is 1. The van der Waals surface area contributed by atoms with Crippen LogP contribution in [0.1, 0.15) is 5.56 Å². The topological polar surface area (TPSA) is 63.4 Å². The van der Waals surface area contributed by atoms with Crippen LogP contribution in [0.4, 0.5) is 11.4 Å². The van der Waals surface area contributed by atoms with Crippen molar-refractivity contribution in [3.05, 3.63) is 54.1 Å². The Balaban J connectivity index is 2.33. The van der Waals surface area contributed by atoms with Crippen LogP contribution >= 0.6 is 0 Å². The quantitative estimate of drug-likeness (QED) is 0.878. The average molecular weight is 290 g/mol. The van der Waals surface area contributed by atoms with Crippen molar-refractivity contribution in [2.45, 2.75) is 11.4 Å². The van der Waals surface area contributed by atoms with E-state index >= 15 is 0 Å². The molecule has 0 heterocycles. The molecule has 20 heavy (non-hydrogen) atoms. The normalized spacial score (nSPS) is 11.3. The molecule has 0 aliphatic heterocycles. The third-order valence-electron chi connectivity index (χ3n) is 3.05. The molecule has 4 nitrogen and oxygen atoms in total. The molecule has 0 unspecified atom stereocenters. The van der Waals surface area contributed by atoms with Gasteiger partial charge in [0, 0.05) is 25.5 Å². The minimum Gasteiger partial charge on any atom is -0.399 e. The molecule has 106 valence electrons. The summed E-state index contributed by atoms with van der Waals surface area (Å²) in [7, 11) is -1.38. The lowest BCUT2D eigenvalue weighted by Crippen LogP contribution is -2.19. The summed E-state index contributed by atoms with van der Waals surface area (Å²) < 4.78 is 23.6. The largest absolute Gasteiger partial charge is 0.399 e. The van der Waals surface area contributed by atoms with Crippen molar-refractivity contribution in [2.75, 3.05) is 23.9 Å². The number of anilines is 2. The van der Waals surface area contributed by atoms with E-state index < -0.39 is 9.84 Å². The van der Waals surface area contributed by atoms with Gasteiger partial charge in [-0.15, -0.1) is 0 Å². The van der Waals surface area contributed by atoms with E-state index in [1.54, 1.807) is 12.1 Å². The summed E-state index contributed by atoms with van der Waals surface area (Å²) in [4.78, 5) is 2.25. The molecule has 0 radical (unpaired) electrons. The van der Waals surface area contributed by atoms with Gasteiger partial charge in [-0.2, -0.15) is 0 Å². The number of sulfone groups is 1. The Labute approximate surface area is 119 Å². The molecule has 0 spiro atoms. The highest BCUT2D eigenvalue weighted by atomic mass is 32.2. The molecule has 2 aromatic rings. The van der Waals surface area contributed by atoms with Crippen molar-refractivity contribution >= 4 is 21.2 Å². The minimum absolute atomic E-state index is 0.339. The van der Waals surface area contributed by atoms with Gasteiger partial charge in [-0.05, 0) is 29.8 Å². The van der Waals surface area contributed by atoms with Crippen LogP contribution in [0, 0.1) is 0 Å². The monoisotopic (exact) mass is 290 g/mol. The van der Waals surface area contributed by atoms with Crippen molar-refractivity contribution in [3.63, 3.8) is 0 Å². The zero-order valence-corrected chi connectivity index (χ0v) is 12.4. The van der Waals surface area contributed by atoms with Gasteiger partial charge in [-0.3, -0.25) is 0 Å². The fourth-order valence-corrected chi connectivity index (χ4v) is 3.07. The molecule has 0 amide bonds. The summed E-state index contributed by atoms with van der Waals surface area (Å²) in [5.74, 6) is 0. The van der Waals surface area contributed by atoms with Crippen molar-refractivity contribution < 1.29 is 8.42 Å². The number of rotatable bonds is 4. The van der Waals surface area contributed by atoms with Crippen LogP contribution in [-0.4, -0.2) is 21.7 Å². The van der Waals surface area contributed by atoms with Crippen LogP contribution < -0.4 is 10.6 Å². The third-order valence-corrected chi connectivity index (χ3v) is 4.19. The van der Waals surface area contributed by atoms with E-state index in [2.05, 4.69) is 0 Å². The number of hydrogen-bond donors (Lipinski definition) is 1. The van der Waals surface area contributed by atoms with Gasteiger partial charge in [0.05, 0.1) is 10.6 Å². The molecule has 0 saturated carbocycles. The molecule has 0 aliphatic rings. The van der Waals surface area contributed by atoms with Gasteiger partial charge in [0.1, 0.15) is 0 Å². The smallest absolute Gasteiger partial charge is 0.177 e. The predicted octanol–water partition coefficient (Wildman–Crippen LogP) is 2.31. The maximum Gasteiger partial charge on any atom is 0.177 e. The Hall–Kier alpha value is -2.01. The molecular weight excluding hydrogens is 272 g/mol. The van der Waals surface area contributed by atoms with Gasteiger partial charge in [-0.1, -0.05) is 24.3 Å². The molecule has 2 rings (SSSR count). The minimum atomic E-state index is -3.25. The number of benzene rings is 2. The number of nitrogen functional groups attached to an aromatic ring is 1. The van der Waals surface area contributed by atoms with Crippen LogP contribution in [0.25, 0.3) is 0 Å². The second-order valence-electron chi connectivity index (χ2n) is 4.84. The van der Waals surface area contributed by atoms with Crippen LogP contribution in [0.3, 0.4) is 0 Å². The van der Waals surface area contributed by atoms with Gasteiger partial charge < -0.3 is 10.6 Å². The summed E-state index contributed by atoms with van der Waals surface area (Å²) in [6.07, 6.45) is 1.22. The van der Waals surface area contributed by atoms with Gasteiger partial charge in [0.15, 0.2) is 9.84 Å². The Morgan fingerprint density at radius 2 is 1.80 bits per heavy atom. The van der Waals surface area contributed by atoms with Crippen LogP contribution in [-0.2, 0) is 16.4 Å². The van der Waals surface area contributed by atoms with E-state index in [1.165, 1.54) is 6.26 Å². The zero-order valence-electron chi connectivity index (χ0n) is 11.6. The van der Waals surface area contributed by atoms with Crippen LogP contribution in [0.2, 0.25) is 0 Å². The molecule has 0 aliphatic carbocycles. The summed E-state index contributed by atoms with van der Waals surface area (Å²) in [5.41, 5.74) is 8.19. The lowest BCUT2D eigenvalue weighted by atomic mass is 10.2. The van der Waals surface area contributed by atoms with E-state index in [1.807, 2.05) is 48.3 Å². The first-order valence-corrected chi connectivity index (χ1v) is 8.12. The maximum absolute atomic E-state index is 11.8. The summed E-state index contributed by atoms with van der Waals surface area (Å²) in [6.45, 7) is 0.595. The highest BCUT2D eigenvalue weighted by Gasteiger charge is 2.15. The summed E-state index contributed by atoms with van der Waals surface area (Å²) in [6, 6.07) is 14.6. The van der Waals surface area contributed by atoms with Crippen molar-refractivity contribution in [1.29, 1.82) is 0 Å². The van der Waals surface area contributed by atoms with Gasteiger partial charge in [-0.25, -0.2) is 8.42 Å². The molecule has 2 aromatic carbocycles. The maximum atomic E-state index is 11.8. The fraction of sp³-hybridized carbons (Fsp3) is 0.200. The Kier molecular flexibility index (Phi) is 3.99. The molecule has 2 N–H and O–H groups in total. The second-order valence-corrected chi connectivity index (χ2v) is 6.83. The fourth-order valence-electron chi connectivity index (χ4n) is 2.14. The first kappa shape index (κ1) is 14.4.